The number of benzene rings is 3. The average Bonchev–Trinajstić information content (AvgIpc) is 3.32. The van der Waals surface area contributed by atoms with E-state index in [0.29, 0.717) is 40.0 Å². The number of hydrogen-bond acceptors (Lipinski definition) is 8. The van der Waals surface area contributed by atoms with Gasteiger partial charge in [-0.1, -0.05) is 18.2 Å². The number of aromatic nitrogens is 3. The van der Waals surface area contributed by atoms with E-state index < -0.39 is 5.97 Å². The standard InChI is InChI=1S/C32H32N6O4/c1-20(39)38(15-5-14-37(2)3)26-11-9-25(10-12-26)35-30(21-6-7-23-18-33-34-19-24(23)16-21)29-27-13-8-22(32(41)42-4)17-28(27)36-31(29)40/h6-13,16-19,36,40H,5,14-15H2,1-4H3. The van der Waals surface area contributed by atoms with Gasteiger partial charge >= 0.3 is 5.97 Å². The van der Waals surface area contributed by atoms with Gasteiger partial charge in [0.05, 0.1) is 42.0 Å². The van der Waals surface area contributed by atoms with Gasteiger partial charge in [-0.05, 0) is 69.5 Å². The van der Waals surface area contributed by atoms with Crippen molar-refractivity contribution in [2.24, 2.45) is 4.99 Å². The molecule has 42 heavy (non-hydrogen) atoms. The predicted octanol–water partition coefficient (Wildman–Crippen LogP) is 5.08. The number of methoxy groups -OCH3 is 1. The normalized spacial score (nSPS) is 11.8. The van der Waals surface area contributed by atoms with Crippen molar-refractivity contribution in [3.63, 3.8) is 0 Å². The van der Waals surface area contributed by atoms with E-state index in [1.165, 1.54) is 7.11 Å². The number of nitrogens with zero attached hydrogens (tertiary/aromatic N) is 5. The summed E-state index contributed by atoms with van der Waals surface area (Å²) in [6, 6.07) is 18.3. The van der Waals surface area contributed by atoms with Crippen molar-refractivity contribution in [2.75, 3.05) is 39.2 Å². The third-order valence-electron chi connectivity index (χ3n) is 7.03. The Morgan fingerprint density at radius 1 is 0.929 bits per heavy atom. The van der Waals surface area contributed by atoms with E-state index in [-0.39, 0.29) is 11.8 Å². The number of anilines is 1. The van der Waals surface area contributed by atoms with E-state index in [1.807, 2.05) is 56.6 Å². The highest BCUT2D eigenvalue weighted by atomic mass is 16.5. The number of hydrogen-bond donors (Lipinski definition) is 2. The van der Waals surface area contributed by atoms with Crippen molar-refractivity contribution in [2.45, 2.75) is 13.3 Å². The molecule has 0 aliphatic rings. The molecule has 0 unspecified atom stereocenters. The zero-order valence-electron chi connectivity index (χ0n) is 24.0. The van der Waals surface area contributed by atoms with Crippen LogP contribution in [0.25, 0.3) is 21.7 Å². The van der Waals surface area contributed by atoms with E-state index in [4.69, 9.17) is 9.73 Å². The zero-order chi connectivity index (χ0) is 29.8. The van der Waals surface area contributed by atoms with E-state index in [1.54, 1.807) is 42.4 Å². The van der Waals surface area contributed by atoms with Crippen molar-refractivity contribution >= 4 is 50.6 Å². The first-order valence-electron chi connectivity index (χ1n) is 13.5. The lowest BCUT2D eigenvalue weighted by atomic mass is 9.98. The lowest BCUT2D eigenvalue weighted by Gasteiger charge is -2.22. The number of fused-ring (bicyclic) bond motifs is 2. The van der Waals surface area contributed by atoms with Gasteiger partial charge in [-0.3, -0.25) is 4.79 Å². The number of H-pyrrole nitrogens is 1. The highest BCUT2D eigenvalue weighted by Gasteiger charge is 2.21. The second-order valence-corrected chi connectivity index (χ2v) is 10.2. The molecule has 214 valence electrons. The molecule has 10 nitrogen and oxygen atoms in total. The predicted molar refractivity (Wildman–Crippen MR) is 164 cm³/mol. The minimum atomic E-state index is -0.474. The van der Waals surface area contributed by atoms with E-state index in [9.17, 15) is 14.7 Å². The van der Waals surface area contributed by atoms with Crippen LogP contribution >= 0.6 is 0 Å². The topological polar surface area (TPSA) is 124 Å². The van der Waals surface area contributed by atoms with Gasteiger partial charge in [-0.25, -0.2) is 9.79 Å². The van der Waals surface area contributed by atoms with Gasteiger partial charge in [-0.15, -0.1) is 0 Å². The number of carbonyl (C=O) groups is 2. The summed E-state index contributed by atoms with van der Waals surface area (Å²) in [7, 11) is 5.34. The fourth-order valence-electron chi connectivity index (χ4n) is 4.92. The Kier molecular flexibility index (Phi) is 8.26. The second-order valence-electron chi connectivity index (χ2n) is 10.2. The number of amides is 1. The number of carbonyl (C=O) groups excluding carboxylic acids is 2. The summed E-state index contributed by atoms with van der Waals surface area (Å²) in [4.78, 5) is 36.3. The maximum Gasteiger partial charge on any atom is 0.337 e. The van der Waals surface area contributed by atoms with Gasteiger partial charge in [0.15, 0.2) is 5.88 Å². The van der Waals surface area contributed by atoms with Crippen LogP contribution in [0.2, 0.25) is 0 Å². The lowest BCUT2D eigenvalue weighted by molar-refractivity contribution is -0.116. The van der Waals surface area contributed by atoms with Gasteiger partial charge in [0, 0.05) is 46.4 Å². The Morgan fingerprint density at radius 3 is 2.33 bits per heavy atom. The van der Waals surface area contributed by atoms with Gasteiger partial charge in [0.2, 0.25) is 5.91 Å². The quantitative estimate of drug-likeness (QED) is 0.189. The summed E-state index contributed by atoms with van der Waals surface area (Å²) in [5.41, 5.74) is 4.11. The molecule has 3 aromatic carbocycles. The van der Waals surface area contributed by atoms with Crippen LogP contribution in [-0.4, -0.2) is 77.1 Å². The Labute approximate surface area is 243 Å². The van der Waals surface area contributed by atoms with Gasteiger partial charge in [0.25, 0.3) is 0 Å². The first kappa shape index (κ1) is 28.4. The SMILES string of the molecule is COC(=O)c1ccc2c(C(=Nc3ccc(N(CCCN(C)C)C(C)=O)cc3)c3ccc4cnncc4c3)c(O)[nH]c2c1. The number of ether oxygens (including phenoxy) is 1. The van der Waals surface area contributed by atoms with Crippen LogP contribution in [-0.2, 0) is 9.53 Å². The monoisotopic (exact) mass is 564 g/mol. The van der Waals surface area contributed by atoms with Crippen LogP contribution in [0.15, 0.2) is 78.0 Å². The van der Waals surface area contributed by atoms with Crippen molar-refractivity contribution in [3.8, 4) is 5.88 Å². The molecule has 0 bridgehead atoms. The third-order valence-corrected chi connectivity index (χ3v) is 7.03. The van der Waals surface area contributed by atoms with Gasteiger partial charge < -0.3 is 24.6 Å². The molecule has 0 spiro atoms. The minimum Gasteiger partial charge on any atom is -0.494 e. The number of esters is 1. The second kappa shape index (κ2) is 12.2. The molecule has 0 saturated carbocycles. The maximum absolute atomic E-state index is 12.4. The van der Waals surface area contributed by atoms with Crippen LogP contribution in [0.5, 0.6) is 5.88 Å². The Balaban J connectivity index is 1.60. The molecule has 2 N–H and O–H groups in total. The molecule has 5 rings (SSSR count). The van der Waals surface area contributed by atoms with Crippen LogP contribution in [0, 0.1) is 0 Å². The molecule has 2 heterocycles. The van der Waals surface area contributed by atoms with Crippen molar-refractivity contribution < 1.29 is 19.4 Å². The van der Waals surface area contributed by atoms with Gasteiger partial charge in [0.1, 0.15) is 0 Å². The smallest absolute Gasteiger partial charge is 0.337 e. The van der Waals surface area contributed by atoms with Crippen molar-refractivity contribution in [1.82, 2.24) is 20.1 Å². The van der Waals surface area contributed by atoms with Crippen LogP contribution in [0.1, 0.15) is 34.8 Å². The molecule has 10 heteroatoms. The molecule has 2 aromatic heterocycles. The zero-order valence-corrected chi connectivity index (χ0v) is 24.0. The fourth-order valence-corrected chi connectivity index (χ4v) is 4.92. The van der Waals surface area contributed by atoms with E-state index >= 15 is 0 Å². The molecular weight excluding hydrogens is 532 g/mol. The summed E-state index contributed by atoms with van der Waals surface area (Å²) in [6.45, 7) is 3.05. The number of aromatic amines is 1. The summed E-state index contributed by atoms with van der Waals surface area (Å²) >= 11 is 0. The maximum atomic E-state index is 12.4. The van der Waals surface area contributed by atoms with Crippen LogP contribution in [0.4, 0.5) is 11.4 Å². The Hall–Kier alpha value is -5.09. The summed E-state index contributed by atoms with van der Waals surface area (Å²) in [5, 5.41) is 21.6. The molecule has 0 aliphatic carbocycles. The highest BCUT2D eigenvalue weighted by Crippen LogP contribution is 2.33. The number of rotatable bonds is 9. The molecule has 0 aliphatic heterocycles. The lowest BCUT2D eigenvalue weighted by Crippen LogP contribution is -2.31. The first-order chi connectivity index (χ1) is 20.2. The first-order valence-corrected chi connectivity index (χ1v) is 13.5. The van der Waals surface area contributed by atoms with E-state index in [2.05, 4.69) is 20.1 Å². The van der Waals surface area contributed by atoms with Crippen LogP contribution in [0.3, 0.4) is 0 Å². The van der Waals surface area contributed by atoms with Gasteiger partial charge in [-0.2, -0.15) is 10.2 Å². The van der Waals surface area contributed by atoms with Crippen molar-refractivity contribution in [3.05, 3.63) is 89.7 Å². The average molecular weight is 565 g/mol. The summed E-state index contributed by atoms with van der Waals surface area (Å²) in [5.74, 6) is -0.586. The number of aromatic hydroxyl groups is 1. The largest absolute Gasteiger partial charge is 0.494 e. The summed E-state index contributed by atoms with van der Waals surface area (Å²) < 4.78 is 4.86. The molecule has 0 atom stereocenters. The molecule has 0 fully saturated rings. The third kappa shape index (κ3) is 5.98. The molecule has 1 amide bonds. The molecule has 0 saturated heterocycles. The Bertz CT molecular complexity index is 1790. The minimum absolute atomic E-state index is 0.0278. The fraction of sp³-hybridized carbons (Fsp3) is 0.219. The number of aliphatic imine (C=N–C) groups is 1. The molecule has 5 aromatic rings. The molecular formula is C32H32N6O4. The van der Waals surface area contributed by atoms with Crippen LogP contribution < -0.4 is 4.90 Å². The van der Waals surface area contributed by atoms with Crippen molar-refractivity contribution in [1.29, 1.82) is 0 Å². The van der Waals surface area contributed by atoms with E-state index in [0.717, 1.165) is 35.0 Å². The Morgan fingerprint density at radius 2 is 1.64 bits per heavy atom. The summed E-state index contributed by atoms with van der Waals surface area (Å²) in [6.07, 6.45) is 4.21. The highest BCUT2D eigenvalue weighted by molar-refractivity contribution is 6.22. The number of nitrogens with one attached hydrogen (secondary N) is 1. The molecule has 0 radical (unpaired) electrons.